The van der Waals surface area contributed by atoms with Crippen molar-refractivity contribution in [3.05, 3.63) is 0 Å². The van der Waals surface area contributed by atoms with Crippen LogP contribution in [0.2, 0.25) is 0 Å². The van der Waals surface area contributed by atoms with Crippen molar-refractivity contribution in [2.75, 3.05) is 13.2 Å². The number of hydroxylamine groups is 2. The Hall–Kier alpha value is -1.67. The van der Waals surface area contributed by atoms with Crippen LogP contribution in [0.1, 0.15) is 58.3 Å². The van der Waals surface area contributed by atoms with Gasteiger partial charge >= 0.3 is 6.09 Å². The van der Waals surface area contributed by atoms with E-state index in [4.69, 9.17) is 9.84 Å². The number of guanidine groups is 1. The van der Waals surface area contributed by atoms with Gasteiger partial charge in [-0.3, -0.25) is 15.3 Å². The van der Waals surface area contributed by atoms with E-state index < -0.39 is 6.09 Å². The predicted octanol–water partition coefficient (Wildman–Crippen LogP) is 2.37. The van der Waals surface area contributed by atoms with Crippen molar-refractivity contribution >= 4 is 18.0 Å². The lowest BCUT2D eigenvalue weighted by Crippen LogP contribution is -2.45. The van der Waals surface area contributed by atoms with Gasteiger partial charge in [0.15, 0.2) is 0 Å². The first-order valence-electron chi connectivity index (χ1n) is 8.18. The van der Waals surface area contributed by atoms with Crippen LogP contribution in [-0.2, 0) is 9.53 Å². The van der Waals surface area contributed by atoms with Gasteiger partial charge in [-0.15, -0.1) is 5.06 Å². The summed E-state index contributed by atoms with van der Waals surface area (Å²) >= 11 is 0. The largest absolute Gasteiger partial charge is 0.463 e. The number of ether oxygens (including phenoxy) is 1. The fraction of sp³-hybridized carbons (Fsp3) is 0.800. The molecule has 0 fully saturated rings. The fourth-order valence-electron chi connectivity index (χ4n) is 2.35. The Labute approximate surface area is 136 Å². The number of carbonyl (C=O) groups excluding carboxylic acids is 1. The Morgan fingerprint density at radius 3 is 2.61 bits per heavy atom. The second-order valence-corrected chi connectivity index (χ2v) is 5.69. The molecule has 0 bridgehead atoms. The average Bonchev–Trinajstić information content (AvgIpc) is 2.51. The zero-order valence-corrected chi connectivity index (χ0v) is 13.7. The van der Waals surface area contributed by atoms with Crippen molar-refractivity contribution in [2.24, 2.45) is 4.99 Å². The van der Waals surface area contributed by atoms with Crippen LogP contribution in [0.25, 0.3) is 0 Å². The van der Waals surface area contributed by atoms with Gasteiger partial charge in [-0.2, -0.15) is 0 Å². The highest BCUT2D eigenvalue weighted by atomic mass is 16.6. The Morgan fingerprint density at radius 1 is 1.26 bits per heavy atom. The Balaban J connectivity index is 2.66. The molecule has 0 aromatic heterocycles. The van der Waals surface area contributed by atoms with E-state index in [2.05, 4.69) is 10.3 Å². The molecule has 1 heterocycles. The van der Waals surface area contributed by atoms with Crippen molar-refractivity contribution in [1.82, 2.24) is 10.4 Å². The third kappa shape index (κ3) is 8.51. The molecule has 132 valence electrons. The van der Waals surface area contributed by atoms with Crippen LogP contribution in [0.3, 0.4) is 0 Å². The van der Waals surface area contributed by atoms with Crippen LogP contribution in [-0.4, -0.2) is 52.6 Å². The number of hydrogen-bond acceptors (Lipinski definition) is 5. The van der Waals surface area contributed by atoms with Crippen LogP contribution < -0.4 is 5.32 Å². The molecule has 1 atom stereocenters. The zero-order valence-electron chi connectivity index (χ0n) is 13.7. The van der Waals surface area contributed by atoms with E-state index in [9.17, 15) is 14.8 Å². The van der Waals surface area contributed by atoms with Crippen LogP contribution >= 0.6 is 0 Å². The Bertz CT molecular complexity index is 414. The SMILES string of the molecule is CC1CCCCCCCCC(=O)NC(N(O)C(=O)O)=NCCO1. The molecule has 3 N–H and O–H groups in total. The normalized spacial score (nSPS) is 22.8. The van der Waals surface area contributed by atoms with Gasteiger partial charge in [0.1, 0.15) is 0 Å². The minimum absolute atomic E-state index is 0.0789. The first-order valence-corrected chi connectivity index (χ1v) is 8.18. The minimum atomic E-state index is -1.60. The standard InChI is InChI=1S/C15H27N3O5/c1-12-8-6-4-2-3-5-7-9-13(19)17-14(16-10-11-23-12)18(22)15(20)21/h12,22H,2-11H2,1H3,(H,20,21)(H,16,17,19). The monoisotopic (exact) mass is 329 g/mol. The van der Waals surface area contributed by atoms with Crippen LogP contribution in [0.15, 0.2) is 4.99 Å². The van der Waals surface area contributed by atoms with Gasteiger partial charge in [0.05, 0.1) is 19.3 Å². The fourth-order valence-corrected chi connectivity index (χ4v) is 2.35. The van der Waals surface area contributed by atoms with Gasteiger partial charge < -0.3 is 9.84 Å². The van der Waals surface area contributed by atoms with Crippen LogP contribution in [0.4, 0.5) is 4.79 Å². The van der Waals surface area contributed by atoms with E-state index in [1.165, 1.54) is 6.42 Å². The van der Waals surface area contributed by atoms with Gasteiger partial charge in [-0.05, 0) is 19.8 Å². The highest BCUT2D eigenvalue weighted by molar-refractivity contribution is 6.01. The molecule has 0 aliphatic carbocycles. The van der Waals surface area contributed by atoms with E-state index in [1.807, 2.05) is 6.92 Å². The van der Waals surface area contributed by atoms with E-state index in [0.717, 1.165) is 38.5 Å². The number of carboxylic acid groups (broad SMARTS) is 1. The highest BCUT2D eigenvalue weighted by Gasteiger charge is 2.18. The molecule has 0 aromatic carbocycles. The maximum absolute atomic E-state index is 11.8. The highest BCUT2D eigenvalue weighted by Crippen LogP contribution is 2.11. The Kier molecular flexibility index (Phi) is 9.23. The molecule has 0 radical (unpaired) electrons. The molecule has 8 nitrogen and oxygen atoms in total. The maximum Gasteiger partial charge on any atom is 0.438 e. The molecule has 0 saturated heterocycles. The number of aliphatic imine (C=N–C) groups is 1. The zero-order chi connectivity index (χ0) is 17.1. The molecule has 0 spiro atoms. The van der Waals surface area contributed by atoms with Crippen molar-refractivity contribution in [3.8, 4) is 0 Å². The van der Waals surface area contributed by atoms with Gasteiger partial charge in [0.25, 0.3) is 0 Å². The second-order valence-electron chi connectivity index (χ2n) is 5.69. The van der Waals surface area contributed by atoms with E-state index in [-0.39, 0.29) is 36.0 Å². The first kappa shape index (κ1) is 19.4. The van der Waals surface area contributed by atoms with Gasteiger partial charge in [-0.1, -0.05) is 32.1 Å². The van der Waals surface area contributed by atoms with E-state index >= 15 is 0 Å². The first-order chi connectivity index (χ1) is 11.0. The van der Waals surface area contributed by atoms with E-state index in [1.54, 1.807) is 0 Å². The van der Waals surface area contributed by atoms with Gasteiger partial charge in [-0.25, -0.2) is 9.79 Å². The Morgan fingerprint density at radius 2 is 1.91 bits per heavy atom. The molecule has 8 heteroatoms. The van der Waals surface area contributed by atoms with Crippen LogP contribution in [0.5, 0.6) is 0 Å². The van der Waals surface area contributed by atoms with Gasteiger partial charge in [0, 0.05) is 6.42 Å². The number of hydrogen-bond donors (Lipinski definition) is 3. The lowest BCUT2D eigenvalue weighted by atomic mass is 10.1. The summed E-state index contributed by atoms with van der Waals surface area (Å²) in [5, 5.41) is 20.5. The lowest BCUT2D eigenvalue weighted by Gasteiger charge is -2.16. The molecular weight excluding hydrogens is 302 g/mol. The van der Waals surface area contributed by atoms with E-state index in [0.29, 0.717) is 6.61 Å². The maximum atomic E-state index is 11.8. The molecule has 0 aromatic rings. The van der Waals surface area contributed by atoms with Crippen molar-refractivity contribution < 1.29 is 24.6 Å². The van der Waals surface area contributed by atoms with Crippen molar-refractivity contribution in [2.45, 2.75) is 64.4 Å². The molecule has 1 aliphatic heterocycles. The summed E-state index contributed by atoms with van der Waals surface area (Å²) < 4.78 is 5.59. The van der Waals surface area contributed by atoms with Gasteiger partial charge in [0.2, 0.25) is 11.9 Å². The summed E-state index contributed by atoms with van der Waals surface area (Å²) in [5.41, 5.74) is 0. The molecule has 1 unspecified atom stereocenters. The predicted molar refractivity (Wildman–Crippen MR) is 84.4 cm³/mol. The lowest BCUT2D eigenvalue weighted by molar-refractivity contribution is -0.120. The molecule has 23 heavy (non-hydrogen) atoms. The smallest absolute Gasteiger partial charge is 0.438 e. The molecule has 1 aliphatic rings. The third-order valence-electron chi connectivity index (χ3n) is 3.65. The van der Waals surface area contributed by atoms with Crippen molar-refractivity contribution in [3.63, 3.8) is 0 Å². The van der Waals surface area contributed by atoms with Crippen molar-refractivity contribution in [1.29, 1.82) is 0 Å². The number of carbonyl (C=O) groups is 2. The number of nitrogens with one attached hydrogen (secondary N) is 1. The number of nitrogens with zero attached hydrogens (tertiary/aromatic N) is 2. The van der Waals surface area contributed by atoms with Crippen LogP contribution in [0, 0.1) is 0 Å². The third-order valence-corrected chi connectivity index (χ3v) is 3.65. The number of amides is 2. The molecule has 1 rings (SSSR count). The average molecular weight is 329 g/mol. The summed E-state index contributed by atoms with van der Waals surface area (Å²) in [6, 6.07) is 0. The summed E-state index contributed by atoms with van der Waals surface area (Å²) in [4.78, 5) is 26.6. The molecule has 2 amide bonds. The molecular formula is C15H27N3O5. The summed E-state index contributed by atoms with van der Waals surface area (Å²) in [6.45, 7) is 2.45. The topological polar surface area (TPSA) is 111 Å². The minimum Gasteiger partial charge on any atom is -0.463 e. The summed E-state index contributed by atoms with van der Waals surface area (Å²) in [7, 11) is 0. The second kappa shape index (κ2) is 11.0. The summed E-state index contributed by atoms with van der Waals surface area (Å²) in [5.74, 6) is -0.740. The number of rotatable bonds is 0. The molecule has 0 saturated carbocycles. The quantitative estimate of drug-likeness (QED) is 0.466. The summed E-state index contributed by atoms with van der Waals surface area (Å²) in [6.07, 6.45) is 5.95.